The molecule has 0 spiro atoms. The van der Waals surface area contributed by atoms with Gasteiger partial charge in [-0.05, 0) is 25.0 Å². The van der Waals surface area contributed by atoms with Crippen molar-refractivity contribution >= 4 is 34.1 Å². The highest BCUT2D eigenvalue weighted by molar-refractivity contribution is 7.98. The Bertz CT molecular complexity index is 735. The van der Waals surface area contributed by atoms with E-state index in [2.05, 4.69) is 27.3 Å². The smallest absolute Gasteiger partial charge is 0.166 e. The van der Waals surface area contributed by atoms with Crippen LogP contribution in [0, 0.1) is 0 Å². The maximum atomic E-state index is 5.22. The van der Waals surface area contributed by atoms with Gasteiger partial charge in [-0.15, -0.1) is 11.3 Å². The number of thioether (sulfide) groups is 1. The van der Waals surface area contributed by atoms with Crippen LogP contribution in [0.25, 0.3) is 11.0 Å². The number of fused-ring (bicyclic) bond motifs is 1. The molecule has 3 aromatic rings. The second kappa shape index (κ2) is 6.49. The Morgan fingerprint density at radius 3 is 3.05 bits per heavy atom. The largest absolute Gasteiger partial charge is 0.497 e. The second-order valence-electron chi connectivity index (χ2n) is 4.70. The summed E-state index contributed by atoms with van der Waals surface area (Å²) < 4.78 is 5.22. The summed E-state index contributed by atoms with van der Waals surface area (Å²) in [5, 5.41) is 4.29. The van der Waals surface area contributed by atoms with Gasteiger partial charge in [0.05, 0.1) is 28.8 Å². The van der Waals surface area contributed by atoms with Crippen molar-refractivity contribution < 1.29 is 4.74 Å². The average molecular weight is 319 g/mol. The van der Waals surface area contributed by atoms with Crippen LogP contribution < -0.4 is 4.74 Å². The third-order valence-electron chi connectivity index (χ3n) is 3.09. The van der Waals surface area contributed by atoms with Crippen LogP contribution in [-0.4, -0.2) is 22.1 Å². The van der Waals surface area contributed by atoms with Crippen LogP contribution in [0.4, 0.5) is 0 Å². The summed E-state index contributed by atoms with van der Waals surface area (Å²) in [7, 11) is 1.67. The number of methoxy groups -OCH3 is 1. The number of H-pyrrole nitrogens is 1. The zero-order chi connectivity index (χ0) is 14.7. The fourth-order valence-corrected chi connectivity index (χ4v) is 3.83. The van der Waals surface area contributed by atoms with Crippen molar-refractivity contribution in [2.75, 3.05) is 7.11 Å². The molecule has 0 aliphatic carbocycles. The van der Waals surface area contributed by atoms with Gasteiger partial charge in [0.2, 0.25) is 0 Å². The van der Waals surface area contributed by atoms with Crippen molar-refractivity contribution in [1.82, 2.24) is 15.0 Å². The topological polar surface area (TPSA) is 50.8 Å². The molecule has 1 N–H and O–H groups in total. The molecule has 2 aromatic heterocycles. The molecule has 0 unspecified atom stereocenters. The fraction of sp³-hybridized carbons (Fsp3) is 0.333. The van der Waals surface area contributed by atoms with E-state index in [-0.39, 0.29) is 0 Å². The van der Waals surface area contributed by atoms with E-state index >= 15 is 0 Å². The minimum Gasteiger partial charge on any atom is -0.497 e. The van der Waals surface area contributed by atoms with Gasteiger partial charge < -0.3 is 9.72 Å². The number of aryl methyl sites for hydroxylation is 1. The molecule has 110 valence electrons. The predicted molar refractivity (Wildman–Crippen MR) is 88.3 cm³/mol. The molecule has 0 saturated carbocycles. The quantitative estimate of drug-likeness (QED) is 0.689. The van der Waals surface area contributed by atoms with Crippen LogP contribution in [0.5, 0.6) is 5.75 Å². The summed E-state index contributed by atoms with van der Waals surface area (Å²) in [5.74, 6) is 1.68. The van der Waals surface area contributed by atoms with E-state index in [1.165, 1.54) is 5.01 Å². The monoisotopic (exact) mass is 319 g/mol. The molecule has 0 atom stereocenters. The van der Waals surface area contributed by atoms with Gasteiger partial charge in [-0.1, -0.05) is 18.7 Å². The predicted octanol–water partition coefficient (Wildman–Crippen LogP) is 4.27. The Balaban J connectivity index is 1.69. The summed E-state index contributed by atoms with van der Waals surface area (Å²) in [6.07, 6.45) is 2.21. The summed E-state index contributed by atoms with van der Waals surface area (Å²) in [4.78, 5) is 12.5. The van der Waals surface area contributed by atoms with Crippen LogP contribution in [0.2, 0.25) is 0 Å². The SMILES string of the molecule is CCCc1nc(CSc2nc3ccc(OC)cc3[nH]2)cs1. The average Bonchev–Trinajstić information content (AvgIpc) is 3.10. The summed E-state index contributed by atoms with van der Waals surface area (Å²) in [6, 6.07) is 5.86. The molecule has 21 heavy (non-hydrogen) atoms. The summed E-state index contributed by atoms with van der Waals surface area (Å²) in [5.41, 5.74) is 3.09. The van der Waals surface area contributed by atoms with Crippen molar-refractivity contribution in [3.63, 3.8) is 0 Å². The molecule has 0 fully saturated rings. The Labute approximate surface area is 132 Å². The van der Waals surface area contributed by atoms with Gasteiger partial charge in [-0.3, -0.25) is 0 Å². The lowest BCUT2D eigenvalue weighted by atomic mass is 10.3. The van der Waals surface area contributed by atoms with E-state index in [9.17, 15) is 0 Å². The van der Waals surface area contributed by atoms with Crippen molar-refractivity contribution in [2.45, 2.75) is 30.7 Å². The molecule has 2 heterocycles. The van der Waals surface area contributed by atoms with Gasteiger partial charge in [-0.25, -0.2) is 9.97 Å². The number of aromatic nitrogens is 3. The number of thiazole rings is 1. The first-order chi connectivity index (χ1) is 10.3. The number of imidazole rings is 1. The fourth-order valence-electron chi connectivity index (χ4n) is 2.05. The Kier molecular flexibility index (Phi) is 4.45. The van der Waals surface area contributed by atoms with Crippen LogP contribution in [0.1, 0.15) is 24.0 Å². The molecule has 1 aromatic carbocycles. The normalized spacial score (nSPS) is 11.1. The van der Waals surface area contributed by atoms with Crippen molar-refractivity contribution in [3.05, 3.63) is 34.3 Å². The zero-order valence-corrected chi connectivity index (χ0v) is 13.7. The number of nitrogens with one attached hydrogen (secondary N) is 1. The van der Waals surface area contributed by atoms with Crippen molar-refractivity contribution in [3.8, 4) is 5.75 Å². The Hall–Kier alpha value is -1.53. The molecular weight excluding hydrogens is 302 g/mol. The number of rotatable bonds is 6. The standard InChI is InChI=1S/C15H17N3OS2/c1-3-4-14-16-10(8-20-14)9-21-15-17-12-6-5-11(19-2)7-13(12)18-15/h5-8H,3-4,9H2,1-2H3,(H,17,18). The first-order valence-electron chi connectivity index (χ1n) is 6.88. The Morgan fingerprint density at radius 1 is 1.33 bits per heavy atom. The van der Waals surface area contributed by atoms with E-state index in [1.54, 1.807) is 30.2 Å². The number of ether oxygens (including phenoxy) is 1. The lowest BCUT2D eigenvalue weighted by Gasteiger charge is -1.96. The molecule has 3 rings (SSSR count). The molecular formula is C15H17N3OS2. The van der Waals surface area contributed by atoms with E-state index in [1.807, 2.05) is 18.2 Å². The number of nitrogens with zero attached hydrogens (tertiary/aromatic N) is 2. The minimum absolute atomic E-state index is 0.839. The van der Waals surface area contributed by atoms with Gasteiger partial charge in [0.1, 0.15) is 5.75 Å². The van der Waals surface area contributed by atoms with Gasteiger partial charge >= 0.3 is 0 Å². The lowest BCUT2D eigenvalue weighted by molar-refractivity contribution is 0.415. The molecule has 0 amide bonds. The van der Waals surface area contributed by atoms with Gasteiger partial charge in [-0.2, -0.15) is 0 Å². The highest BCUT2D eigenvalue weighted by Gasteiger charge is 2.07. The lowest BCUT2D eigenvalue weighted by Crippen LogP contribution is -1.85. The number of hydrogen-bond acceptors (Lipinski definition) is 5. The molecule has 0 aliphatic heterocycles. The number of hydrogen-bond donors (Lipinski definition) is 1. The van der Waals surface area contributed by atoms with Crippen LogP contribution in [0.3, 0.4) is 0 Å². The molecule has 0 radical (unpaired) electrons. The van der Waals surface area contributed by atoms with Crippen molar-refractivity contribution in [2.24, 2.45) is 0 Å². The third kappa shape index (κ3) is 3.39. The van der Waals surface area contributed by atoms with Gasteiger partial charge in [0.15, 0.2) is 5.16 Å². The molecule has 6 heteroatoms. The highest BCUT2D eigenvalue weighted by Crippen LogP contribution is 2.26. The van der Waals surface area contributed by atoms with Crippen LogP contribution in [0.15, 0.2) is 28.7 Å². The second-order valence-corrected chi connectivity index (χ2v) is 6.60. The zero-order valence-electron chi connectivity index (χ0n) is 12.0. The van der Waals surface area contributed by atoms with E-state index in [0.717, 1.165) is 46.2 Å². The first-order valence-corrected chi connectivity index (χ1v) is 8.75. The van der Waals surface area contributed by atoms with Gasteiger partial charge in [0, 0.05) is 17.2 Å². The van der Waals surface area contributed by atoms with E-state index in [0.29, 0.717) is 0 Å². The third-order valence-corrected chi connectivity index (χ3v) is 4.95. The number of aromatic amines is 1. The molecule has 0 bridgehead atoms. The highest BCUT2D eigenvalue weighted by atomic mass is 32.2. The van der Waals surface area contributed by atoms with Gasteiger partial charge in [0.25, 0.3) is 0 Å². The van der Waals surface area contributed by atoms with E-state index < -0.39 is 0 Å². The Morgan fingerprint density at radius 2 is 2.24 bits per heavy atom. The van der Waals surface area contributed by atoms with Crippen molar-refractivity contribution in [1.29, 1.82) is 0 Å². The maximum absolute atomic E-state index is 5.22. The van der Waals surface area contributed by atoms with E-state index in [4.69, 9.17) is 4.74 Å². The summed E-state index contributed by atoms with van der Waals surface area (Å²) >= 11 is 3.43. The number of benzene rings is 1. The summed E-state index contributed by atoms with van der Waals surface area (Å²) in [6.45, 7) is 2.18. The maximum Gasteiger partial charge on any atom is 0.166 e. The molecule has 4 nitrogen and oxygen atoms in total. The van der Waals surface area contributed by atoms with Crippen LogP contribution in [-0.2, 0) is 12.2 Å². The first kappa shape index (κ1) is 14.4. The molecule has 0 saturated heterocycles. The molecule has 0 aliphatic rings. The van der Waals surface area contributed by atoms with Crippen LogP contribution >= 0.6 is 23.1 Å². The minimum atomic E-state index is 0.839.